The highest BCUT2D eigenvalue weighted by atomic mass is 35.5. The third-order valence-corrected chi connectivity index (χ3v) is 8.50. The molecule has 40 heavy (non-hydrogen) atoms. The summed E-state index contributed by atoms with van der Waals surface area (Å²) in [5.74, 6) is -2.00. The molecule has 11 heteroatoms. The largest absolute Gasteiger partial charge is 0.477 e. The van der Waals surface area contributed by atoms with Crippen molar-refractivity contribution in [2.45, 2.75) is 57.8 Å². The number of fused-ring (bicyclic) bond motifs is 2. The second-order valence-electron chi connectivity index (χ2n) is 11.0. The molecule has 0 spiro atoms. The maximum atomic E-state index is 15.4. The van der Waals surface area contributed by atoms with Crippen molar-refractivity contribution < 1.29 is 19.4 Å². The van der Waals surface area contributed by atoms with Crippen molar-refractivity contribution in [3.63, 3.8) is 0 Å². The van der Waals surface area contributed by atoms with E-state index in [9.17, 15) is 19.8 Å². The Hall–Kier alpha value is -3.47. The zero-order chi connectivity index (χ0) is 28.3. The first kappa shape index (κ1) is 26.7. The van der Waals surface area contributed by atoms with Gasteiger partial charge in [-0.2, -0.15) is 0 Å². The summed E-state index contributed by atoms with van der Waals surface area (Å²) in [5.41, 5.74) is 3.69. The second-order valence-corrected chi connectivity index (χ2v) is 11.4. The Bertz CT molecular complexity index is 1710. The van der Waals surface area contributed by atoms with Crippen molar-refractivity contribution in [2.24, 2.45) is 0 Å². The summed E-state index contributed by atoms with van der Waals surface area (Å²) < 4.78 is 19.1. The smallest absolute Gasteiger partial charge is 0.341 e. The highest BCUT2D eigenvalue weighted by Gasteiger charge is 2.32. The SMILES string of the molecule is Cc1cc2ncn(CC(O)CNC3CCN(c4c(F)cc5c(=O)c(C(=O)O)cn(C6CC6)c5c4Cl)C3)c2cc1C. The zero-order valence-electron chi connectivity index (χ0n) is 22.3. The number of nitrogens with zero attached hydrogens (tertiary/aromatic N) is 4. The Morgan fingerprint density at radius 1 is 1.23 bits per heavy atom. The van der Waals surface area contributed by atoms with Crippen molar-refractivity contribution in [1.29, 1.82) is 0 Å². The monoisotopic (exact) mass is 567 g/mol. The number of benzene rings is 2. The summed E-state index contributed by atoms with van der Waals surface area (Å²) >= 11 is 6.77. The van der Waals surface area contributed by atoms with Gasteiger partial charge in [0.05, 0.1) is 51.6 Å². The fourth-order valence-corrected chi connectivity index (χ4v) is 6.11. The fourth-order valence-electron chi connectivity index (χ4n) is 5.70. The lowest BCUT2D eigenvalue weighted by Gasteiger charge is -2.24. The van der Waals surface area contributed by atoms with Crippen LogP contribution in [0.4, 0.5) is 10.1 Å². The van der Waals surface area contributed by atoms with Crippen LogP contribution < -0.4 is 15.6 Å². The molecule has 2 aliphatic rings. The first-order valence-corrected chi connectivity index (χ1v) is 13.9. The van der Waals surface area contributed by atoms with E-state index in [2.05, 4.69) is 30.2 Å². The van der Waals surface area contributed by atoms with Crippen LogP contribution in [-0.2, 0) is 6.54 Å². The summed E-state index contributed by atoms with van der Waals surface area (Å²) in [7, 11) is 0. The van der Waals surface area contributed by atoms with Gasteiger partial charge in [-0.1, -0.05) is 11.6 Å². The Morgan fingerprint density at radius 3 is 2.70 bits per heavy atom. The predicted molar refractivity (Wildman–Crippen MR) is 152 cm³/mol. The molecule has 2 aromatic carbocycles. The minimum atomic E-state index is -1.34. The molecule has 2 aromatic heterocycles. The lowest BCUT2D eigenvalue weighted by atomic mass is 10.1. The normalized spacial score (nSPS) is 18.2. The highest BCUT2D eigenvalue weighted by molar-refractivity contribution is 6.38. The van der Waals surface area contributed by atoms with E-state index < -0.39 is 23.3 Å². The van der Waals surface area contributed by atoms with Gasteiger partial charge in [0.1, 0.15) is 11.4 Å². The van der Waals surface area contributed by atoms with Crippen molar-refractivity contribution in [2.75, 3.05) is 24.5 Å². The number of carboxylic acid groups (broad SMARTS) is 1. The molecule has 2 atom stereocenters. The van der Waals surface area contributed by atoms with E-state index in [0.29, 0.717) is 31.7 Å². The van der Waals surface area contributed by atoms with E-state index in [1.165, 1.54) is 17.3 Å². The maximum absolute atomic E-state index is 15.4. The Kier molecular flexibility index (Phi) is 6.80. The van der Waals surface area contributed by atoms with Gasteiger partial charge in [-0.25, -0.2) is 14.2 Å². The number of pyridine rings is 1. The molecule has 0 amide bonds. The topological polar surface area (TPSA) is 113 Å². The number of imidazole rings is 1. The third-order valence-electron chi connectivity index (χ3n) is 8.15. The number of hydrogen-bond donors (Lipinski definition) is 3. The maximum Gasteiger partial charge on any atom is 0.341 e. The molecule has 2 unspecified atom stereocenters. The van der Waals surface area contributed by atoms with Crippen molar-refractivity contribution in [3.05, 3.63) is 68.5 Å². The van der Waals surface area contributed by atoms with Crippen molar-refractivity contribution in [1.82, 2.24) is 19.4 Å². The number of nitrogens with one attached hydrogen (secondary N) is 1. The van der Waals surface area contributed by atoms with Crippen LogP contribution in [-0.4, -0.2) is 62.1 Å². The van der Waals surface area contributed by atoms with E-state index in [0.717, 1.165) is 36.4 Å². The molecule has 3 heterocycles. The molecule has 1 saturated heterocycles. The van der Waals surface area contributed by atoms with Gasteiger partial charge in [-0.15, -0.1) is 0 Å². The second kappa shape index (κ2) is 10.2. The number of rotatable bonds is 8. The first-order valence-electron chi connectivity index (χ1n) is 13.5. The van der Waals surface area contributed by atoms with Gasteiger partial charge in [-0.05, 0) is 62.4 Å². The lowest BCUT2D eigenvalue weighted by Crippen LogP contribution is -2.39. The molecule has 3 N–H and O–H groups in total. The van der Waals surface area contributed by atoms with Gasteiger partial charge in [0.2, 0.25) is 5.43 Å². The number of aryl methyl sites for hydroxylation is 2. The summed E-state index contributed by atoms with van der Waals surface area (Å²) in [6.07, 6.45) is 4.83. The van der Waals surface area contributed by atoms with Crippen LogP contribution in [0.25, 0.3) is 21.9 Å². The van der Waals surface area contributed by atoms with Crippen LogP contribution in [0.1, 0.15) is 46.8 Å². The first-order chi connectivity index (χ1) is 19.1. The molecular formula is C29H31ClFN5O4. The summed E-state index contributed by atoms with van der Waals surface area (Å²) in [4.78, 5) is 30.8. The van der Waals surface area contributed by atoms with E-state index in [1.807, 2.05) is 15.5 Å². The summed E-state index contributed by atoms with van der Waals surface area (Å²) in [5, 5.41) is 23.7. The number of carbonyl (C=O) groups is 1. The van der Waals surface area contributed by atoms with Gasteiger partial charge in [0, 0.05) is 37.9 Å². The van der Waals surface area contributed by atoms with Gasteiger partial charge in [0.25, 0.3) is 0 Å². The highest BCUT2D eigenvalue weighted by Crippen LogP contribution is 2.42. The molecule has 0 bridgehead atoms. The van der Waals surface area contributed by atoms with E-state index in [1.54, 1.807) is 10.9 Å². The van der Waals surface area contributed by atoms with Gasteiger partial charge in [-0.3, -0.25) is 4.79 Å². The molecule has 1 aliphatic carbocycles. The van der Waals surface area contributed by atoms with Crippen LogP contribution >= 0.6 is 11.6 Å². The standard InChI is InChI=1S/C29H31ClFN5O4/c1-15-7-23-24(8-16(15)2)35(14-33-23)12-19(37)10-32-17-5-6-34(11-17)27-22(31)9-20-26(25(27)30)36(18-3-4-18)13-21(28(20)38)29(39)40/h7-9,13-14,17-19,32,37H,3-6,10-12H2,1-2H3,(H,39,40). The Morgan fingerprint density at radius 2 is 1.98 bits per heavy atom. The zero-order valence-corrected chi connectivity index (χ0v) is 23.1. The van der Waals surface area contributed by atoms with Crippen LogP contribution in [0, 0.1) is 19.7 Å². The minimum Gasteiger partial charge on any atom is -0.477 e. The number of hydrogen-bond acceptors (Lipinski definition) is 6. The molecule has 210 valence electrons. The van der Waals surface area contributed by atoms with Crippen LogP contribution in [0.2, 0.25) is 5.02 Å². The molecule has 2 fully saturated rings. The van der Waals surface area contributed by atoms with Crippen molar-refractivity contribution in [3.8, 4) is 0 Å². The van der Waals surface area contributed by atoms with Gasteiger partial charge in [0.15, 0.2) is 0 Å². The van der Waals surface area contributed by atoms with Gasteiger partial charge < -0.3 is 29.6 Å². The number of carboxylic acids is 1. The minimum absolute atomic E-state index is 0.00486. The Labute approximate surface area is 234 Å². The number of aromatic carboxylic acids is 1. The molecule has 9 nitrogen and oxygen atoms in total. The Balaban J connectivity index is 1.18. The van der Waals surface area contributed by atoms with Crippen LogP contribution in [0.15, 0.2) is 35.5 Å². The van der Waals surface area contributed by atoms with E-state index in [-0.39, 0.29) is 33.7 Å². The van der Waals surface area contributed by atoms with E-state index in [4.69, 9.17) is 11.6 Å². The summed E-state index contributed by atoms with van der Waals surface area (Å²) in [6.45, 7) is 5.87. The summed E-state index contributed by atoms with van der Waals surface area (Å²) in [6, 6.07) is 5.29. The molecule has 6 rings (SSSR count). The number of anilines is 1. The van der Waals surface area contributed by atoms with Crippen molar-refractivity contribution >= 4 is 45.2 Å². The predicted octanol–water partition coefficient (Wildman–Crippen LogP) is 4.02. The molecule has 0 radical (unpaired) electrons. The average Bonchev–Trinajstić information content (AvgIpc) is 3.54. The quantitative estimate of drug-likeness (QED) is 0.295. The number of aliphatic hydroxyl groups excluding tert-OH is 1. The number of halogens is 2. The van der Waals surface area contributed by atoms with E-state index >= 15 is 4.39 Å². The van der Waals surface area contributed by atoms with Crippen LogP contribution in [0.5, 0.6) is 0 Å². The lowest BCUT2D eigenvalue weighted by molar-refractivity contribution is 0.0694. The molecule has 4 aromatic rings. The third kappa shape index (κ3) is 4.74. The number of aromatic nitrogens is 3. The molecule has 1 aliphatic heterocycles. The average molecular weight is 568 g/mol. The number of aliphatic hydroxyl groups is 1. The fraction of sp³-hybridized carbons (Fsp3) is 0.414. The molecule has 1 saturated carbocycles. The van der Waals surface area contributed by atoms with Crippen LogP contribution in [0.3, 0.4) is 0 Å². The molecular weight excluding hydrogens is 537 g/mol. The van der Waals surface area contributed by atoms with Gasteiger partial charge >= 0.3 is 5.97 Å².